The molecule has 0 spiro atoms. The third-order valence-electron chi connectivity index (χ3n) is 5.79. The first-order valence-corrected chi connectivity index (χ1v) is 13.3. The first kappa shape index (κ1) is 26.3. The number of carbonyl (C=O) groups is 2. The second-order valence-electron chi connectivity index (χ2n) is 8.98. The molecule has 1 aliphatic rings. The molecule has 196 valence electrons. The Hall–Kier alpha value is -3.77. The summed E-state index contributed by atoms with van der Waals surface area (Å²) in [5, 5.41) is 6.71. The molecule has 2 aromatic carbocycles. The zero-order valence-corrected chi connectivity index (χ0v) is 21.6. The molecule has 1 atom stereocenters. The Kier molecular flexibility index (Phi) is 7.89. The molecule has 1 aromatic heterocycles. The number of ether oxygens (including phenoxy) is 1. The van der Waals surface area contributed by atoms with Crippen molar-refractivity contribution in [3.8, 4) is 0 Å². The second kappa shape index (κ2) is 11.1. The minimum atomic E-state index is -4.08. The molecule has 1 saturated heterocycles. The summed E-state index contributed by atoms with van der Waals surface area (Å²) in [7, 11) is -4.08. The third-order valence-corrected chi connectivity index (χ3v) is 7.06. The number of amides is 2. The molecule has 1 unspecified atom stereocenters. The molecule has 0 saturated carbocycles. The van der Waals surface area contributed by atoms with Gasteiger partial charge in [-0.05, 0) is 45.0 Å². The maximum atomic E-state index is 13.2. The van der Waals surface area contributed by atoms with Crippen LogP contribution in [0.25, 0.3) is 0 Å². The van der Waals surface area contributed by atoms with Crippen molar-refractivity contribution in [3.63, 3.8) is 0 Å². The molecule has 1 N–H and O–H groups in total. The highest BCUT2D eigenvalue weighted by atomic mass is 32.2. The minimum Gasteiger partial charge on any atom is -0.486 e. The van der Waals surface area contributed by atoms with Crippen LogP contribution in [0, 0.1) is 6.92 Å². The summed E-state index contributed by atoms with van der Waals surface area (Å²) >= 11 is 0. The average Bonchev–Trinajstić information content (AvgIpc) is 3.24. The lowest BCUT2D eigenvalue weighted by Gasteiger charge is -2.31. The van der Waals surface area contributed by atoms with Gasteiger partial charge in [-0.1, -0.05) is 35.9 Å². The molecule has 37 heavy (non-hydrogen) atoms. The maximum absolute atomic E-state index is 13.2. The molecule has 1 fully saturated rings. The van der Waals surface area contributed by atoms with Crippen molar-refractivity contribution in [2.24, 2.45) is 4.40 Å². The van der Waals surface area contributed by atoms with E-state index in [0.717, 1.165) is 5.56 Å². The van der Waals surface area contributed by atoms with Gasteiger partial charge in [-0.3, -0.25) is 14.9 Å². The molecule has 1 aliphatic heterocycles. The molecule has 3 aromatic rings. The van der Waals surface area contributed by atoms with Crippen LogP contribution in [0.15, 0.2) is 68.4 Å². The van der Waals surface area contributed by atoms with Gasteiger partial charge >= 0.3 is 0 Å². The lowest BCUT2D eigenvalue weighted by atomic mass is 10.1. The number of aromatic nitrogens is 2. The first-order valence-electron chi connectivity index (χ1n) is 11.8. The van der Waals surface area contributed by atoms with Gasteiger partial charge in [0.15, 0.2) is 0 Å². The zero-order valence-electron chi connectivity index (χ0n) is 20.8. The quantitative estimate of drug-likeness (QED) is 0.438. The molecular formula is C25H29N5O6S. The van der Waals surface area contributed by atoms with Crippen molar-refractivity contribution in [1.82, 2.24) is 10.2 Å². The van der Waals surface area contributed by atoms with Crippen molar-refractivity contribution < 1.29 is 31.9 Å². The lowest BCUT2D eigenvalue weighted by Crippen LogP contribution is -2.52. The lowest BCUT2D eigenvalue weighted by molar-refractivity contribution is -0.790. The molecule has 12 heteroatoms. The molecule has 11 nitrogen and oxygen atoms in total. The van der Waals surface area contributed by atoms with Gasteiger partial charge in [0, 0.05) is 12.2 Å². The first-order chi connectivity index (χ1) is 17.6. The Bertz CT molecular complexity index is 1430. The van der Waals surface area contributed by atoms with Crippen LogP contribution < -0.4 is 20.8 Å². The van der Waals surface area contributed by atoms with E-state index in [1.54, 1.807) is 36.4 Å². The van der Waals surface area contributed by atoms with Crippen molar-refractivity contribution in [1.29, 1.82) is 0 Å². The smallest absolute Gasteiger partial charge is 0.289 e. The number of carbonyl (C=O) groups excluding carboxylic acids is 2. The van der Waals surface area contributed by atoms with Crippen molar-refractivity contribution in [2.75, 3.05) is 18.5 Å². The summed E-state index contributed by atoms with van der Waals surface area (Å²) in [6, 6.07) is 15.0. The normalized spacial score (nSPS) is 16.9. The van der Waals surface area contributed by atoms with E-state index >= 15 is 0 Å². The fourth-order valence-corrected chi connectivity index (χ4v) is 4.79. The van der Waals surface area contributed by atoms with Crippen LogP contribution in [-0.2, 0) is 30.9 Å². The number of nitrogens with zero attached hydrogens (tertiary/aromatic N) is 4. The van der Waals surface area contributed by atoms with Gasteiger partial charge in [0.25, 0.3) is 27.2 Å². The average molecular weight is 528 g/mol. The van der Waals surface area contributed by atoms with Crippen LogP contribution in [0.5, 0.6) is 0 Å². The topological polar surface area (TPSA) is 136 Å². The van der Waals surface area contributed by atoms with Crippen LogP contribution >= 0.6 is 0 Å². The van der Waals surface area contributed by atoms with Crippen LogP contribution in [0.1, 0.15) is 37.6 Å². The number of hydrogen-bond acceptors (Lipinski definition) is 6. The number of sulfonamides is 1. The van der Waals surface area contributed by atoms with E-state index in [2.05, 4.69) is 15.0 Å². The Balaban J connectivity index is 1.56. The van der Waals surface area contributed by atoms with E-state index in [1.807, 2.05) is 26.8 Å². The van der Waals surface area contributed by atoms with E-state index in [9.17, 15) is 18.0 Å². The molecule has 4 rings (SSSR count). The van der Waals surface area contributed by atoms with Gasteiger partial charge in [-0.2, -0.15) is 8.42 Å². The van der Waals surface area contributed by atoms with Gasteiger partial charge in [0.2, 0.25) is 5.91 Å². The summed E-state index contributed by atoms with van der Waals surface area (Å²) in [6.07, 6.45) is -1.13. The van der Waals surface area contributed by atoms with Crippen molar-refractivity contribution in [2.45, 2.75) is 50.8 Å². The largest absolute Gasteiger partial charge is 0.486 e. The number of anilines is 1. The van der Waals surface area contributed by atoms with Gasteiger partial charge < -0.3 is 19.5 Å². The van der Waals surface area contributed by atoms with Crippen molar-refractivity contribution in [3.05, 3.63) is 71.4 Å². The van der Waals surface area contributed by atoms with E-state index in [4.69, 9.17) is 9.26 Å². The molecule has 2 amide bonds. The van der Waals surface area contributed by atoms with E-state index < -0.39 is 22.0 Å². The summed E-state index contributed by atoms with van der Waals surface area (Å²) < 4.78 is 42.1. The number of aryl methyl sites for hydroxylation is 1. The van der Waals surface area contributed by atoms with Gasteiger partial charge in [0.05, 0.1) is 17.9 Å². The SMILES string of the molecule is Cc1ccc(S(=O)(=O)/N=c2\o[n-][n+](C(C)C)c2CN2CCOC(CC(=O)Nc3ccccc3)C2=O)cc1. The van der Waals surface area contributed by atoms with Gasteiger partial charge in [-0.25, -0.2) is 4.68 Å². The zero-order chi connectivity index (χ0) is 26.6. The third kappa shape index (κ3) is 6.33. The Labute approximate surface area is 214 Å². The number of morpholine rings is 1. The summed E-state index contributed by atoms with van der Waals surface area (Å²) in [5.41, 5.74) is 1.66. The van der Waals surface area contributed by atoms with E-state index in [1.165, 1.54) is 21.7 Å². The van der Waals surface area contributed by atoms with E-state index in [0.29, 0.717) is 11.4 Å². The fraction of sp³-hybridized carbons (Fsp3) is 0.360. The molecular weight excluding hydrogens is 498 g/mol. The van der Waals surface area contributed by atoms with Crippen LogP contribution in [0.4, 0.5) is 5.69 Å². The fourth-order valence-electron chi connectivity index (χ4n) is 3.85. The highest BCUT2D eigenvalue weighted by molar-refractivity contribution is 7.90. The summed E-state index contributed by atoms with van der Waals surface area (Å²) in [5.74, 6) is -0.744. The van der Waals surface area contributed by atoms with Gasteiger partial charge in [0.1, 0.15) is 18.7 Å². The number of rotatable bonds is 8. The maximum Gasteiger partial charge on any atom is 0.289 e. The molecule has 0 aliphatic carbocycles. The second-order valence-corrected chi connectivity index (χ2v) is 10.6. The highest BCUT2D eigenvalue weighted by Gasteiger charge is 2.34. The predicted octanol–water partition coefficient (Wildman–Crippen LogP) is 1.46. The molecule has 2 heterocycles. The Morgan fingerprint density at radius 2 is 1.89 bits per heavy atom. The van der Waals surface area contributed by atoms with Crippen LogP contribution in [0.2, 0.25) is 0 Å². The van der Waals surface area contributed by atoms with Crippen LogP contribution in [-0.4, -0.2) is 44.4 Å². The summed E-state index contributed by atoms with van der Waals surface area (Å²) in [6.45, 7) is 6.01. The van der Waals surface area contributed by atoms with Gasteiger partial charge in [-0.15, -0.1) is 4.40 Å². The number of benzene rings is 2. The standard InChI is InChI=1S/C25H29N5O6S/c1-17(2)30-21(24(36-28-30)27-37(33,34)20-11-9-18(3)10-12-20)16-29-13-14-35-22(25(29)32)15-23(31)26-19-7-5-4-6-8-19/h4-12,17,22H,13-16H2,1-3H3,(H,26,31)/b27-24-. The van der Waals surface area contributed by atoms with Crippen molar-refractivity contribution >= 4 is 27.5 Å². The van der Waals surface area contributed by atoms with Crippen LogP contribution in [0.3, 0.4) is 0 Å². The monoisotopic (exact) mass is 527 g/mol. The highest BCUT2D eigenvalue weighted by Crippen LogP contribution is 2.16. The Morgan fingerprint density at radius 3 is 2.57 bits per heavy atom. The number of para-hydroxylation sites is 1. The predicted molar refractivity (Wildman–Crippen MR) is 131 cm³/mol. The summed E-state index contributed by atoms with van der Waals surface area (Å²) in [4.78, 5) is 27.2. The number of nitrogens with one attached hydrogen (secondary N) is 1. The molecule has 0 bridgehead atoms. The minimum absolute atomic E-state index is 0.0110. The molecule has 0 radical (unpaired) electrons. The Morgan fingerprint density at radius 1 is 1.19 bits per heavy atom. The van der Waals surface area contributed by atoms with E-state index in [-0.39, 0.29) is 48.5 Å². The number of hydrogen-bond donors (Lipinski definition) is 1.